The second-order valence-corrected chi connectivity index (χ2v) is 9.51. The molecule has 0 aromatic heterocycles. The molecule has 2 nitrogen and oxygen atoms in total. The predicted octanol–water partition coefficient (Wildman–Crippen LogP) is 3.18. The van der Waals surface area contributed by atoms with E-state index in [0.717, 1.165) is 6.42 Å². The Bertz CT molecular complexity index is 339. The van der Waals surface area contributed by atoms with Gasteiger partial charge in [0.15, 0.2) is 0 Å². The molecule has 3 heteroatoms. The number of hydrogen-bond donors (Lipinski definition) is 0. The van der Waals surface area contributed by atoms with Gasteiger partial charge in [0.05, 0.1) is 6.61 Å². The first-order valence-corrected chi connectivity index (χ1v) is 9.37. The molecule has 0 heterocycles. The number of carbonyl (C=O) groups excluding carboxylic acids is 1. The maximum Gasteiger partial charge on any atom is 0.330 e. The normalized spacial score (nSPS) is 12.7. The van der Waals surface area contributed by atoms with Gasteiger partial charge in [-0.2, -0.15) is 0 Å². The van der Waals surface area contributed by atoms with Crippen molar-refractivity contribution in [3.63, 3.8) is 0 Å². The van der Waals surface area contributed by atoms with Crippen molar-refractivity contribution >= 4 is 14.0 Å². The van der Waals surface area contributed by atoms with Gasteiger partial charge in [-0.05, 0) is 13.3 Å². The Kier molecular flexibility index (Phi) is 7.32. The van der Waals surface area contributed by atoms with E-state index in [-0.39, 0.29) is 11.9 Å². The first kappa shape index (κ1) is 15.7. The second kappa shape index (κ2) is 7.91. The molecule has 94 valence electrons. The predicted molar refractivity (Wildman–Crippen MR) is 75.2 cm³/mol. The molecule has 0 bridgehead atoms. The van der Waals surface area contributed by atoms with Crippen LogP contribution >= 0.6 is 0 Å². The van der Waals surface area contributed by atoms with Gasteiger partial charge >= 0.3 is 5.97 Å². The fraction of sp³-hybridized carbons (Fsp3) is 0.500. The average molecular weight is 250 g/mol. The highest BCUT2D eigenvalue weighted by atomic mass is 28.3. The number of allylic oxidation sites excluding steroid dienone is 2. The van der Waals surface area contributed by atoms with Gasteiger partial charge in [-0.25, -0.2) is 4.79 Å². The molecular weight excluding hydrogens is 228 g/mol. The maximum absolute atomic E-state index is 11.2. The fourth-order valence-electron chi connectivity index (χ4n) is 1.06. The SMILES string of the molecule is C=CCC(C#C[Si](C)(C)C)/C=C/C(=O)OCC. The molecule has 0 aliphatic heterocycles. The zero-order valence-electron chi connectivity index (χ0n) is 11.2. The van der Waals surface area contributed by atoms with Crippen LogP contribution in [0.25, 0.3) is 0 Å². The van der Waals surface area contributed by atoms with Crippen LogP contribution < -0.4 is 0 Å². The lowest BCUT2D eigenvalue weighted by Crippen LogP contribution is -2.16. The lowest BCUT2D eigenvalue weighted by molar-refractivity contribution is -0.137. The van der Waals surface area contributed by atoms with E-state index in [1.165, 1.54) is 6.08 Å². The Balaban J connectivity index is 4.57. The second-order valence-electron chi connectivity index (χ2n) is 4.76. The average Bonchev–Trinajstić information content (AvgIpc) is 2.21. The van der Waals surface area contributed by atoms with Gasteiger partial charge in [0, 0.05) is 12.0 Å². The highest BCUT2D eigenvalue weighted by Crippen LogP contribution is 2.06. The van der Waals surface area contributed by atoms with Gasteiger partial charge in [0.25, 0.3) is 0 Å². The summed E-state index contributed by atoms with van der Waals surface area (Å²) in [5.41, 5.74) is 3.30. The van der Waals surface area contributed by atoms with Crippen molar-refractivity contribution in [2.24, 2.45) is 5.92 Å². The minimum Gasteiger partial charge on any atom is -0.463 e. The number of carbonyl (C=O) groups is 1. The molecule has 0 aliphatic carbocycles. The molecule has 1 atom stereocenters. The van der Waals surface area contributed by atoms with Crippen LogP contribution in [0.3, 0.4) is 0 Å². The molecular formula is C14H22O2Si. The Morgan fingerprint density at radius 1 is 1.47 bits per heavy atom. The number of hydrogen-bond acceptors (Lipinski definition) is 2. The molecule has 0 saturated carbocycles. The molecule has 0 aromatic rings. The largest absolute Gasteiger partial charge is 0.463 e. The summed E-state index contributed by atoms with van der Waals surface area (Å²) >= 11 is 0. The smallest absolute Gasteiger partial charge is 0.330 e. The van der Waals surface area contributed by atoms with Crippen LogP contribution in [0.1, 0.15) is 13.3 Å². The van der Waals surface area contributed by atoms with E-state index < -0.39 is 8.07 Å². The summed E-state index contributed by atoms with van der Waals surface area (Å²) in [5, 5.41) is 0. The lowest BCUT2D eigenvalue weighted by atomic mass is 10.1. The summed E-state index contributed by atoms with van der Waals surface area (Å²) in [6.07, 6.45) is 5.83. The molecule has 0 rings (SSSR count). The van der Waals surface area contributed by atoms with Crippen LogP contribution in [0.2, 0.25) is 19.6 Å². The van der Waals surface area contributed by atoms with Crippen molar-refractivity contribution in [2.75, 3.05) is 6.61 Å². The van der Waals surface area contributed by atoms with Crippen molar-refractivity contribution in [1.29, 1.82) is 0 Å². The van der Waals surface area contributed by atoms with Crippen LogP contribution in [-0.2, 0) is 9.53 Å². The van der Waals surface area contributed by atoms with Gasteiger partial charge in [-0.1, -0.05) is 31.8 Å². The first-order valence-electron chi connectivity index (χ1n) is 5.87. The van der Waals surface area contributed by atoms with Gasteiger partial charge < -0.3 is 4.74 Å². The maximum atomic E-state index is 11.2. The van der Waals surface area contributed by atoms with E-state index in [1.54, 1.807) is 13.0 Å². The quantitative estimate of drug-likeness (QED) is 0.246. The first-order chi connectivity index (χ1) is 7.89. The molecule has 0 radical (unpaired) electrons. The molecule has 0 N–H and O–H groups in total. The standard InChI is InChI=1S/C14H22O2Si/c1-6-8-13(11-12-17(3,4)5)9-10-14(15)16-7-2/h6,9-10,13H,1,7-8H2,2-5H3/b10-9+. The molecule has 17 heavy (non-hydrogen) atoms. The van der Waals surface area contributed by atoms with Crippen LogP contribution in [0.5, 0.6) is 0 Å². The third-order valence-electron chi connectivity index (χ3n) is 1.80. The lowest BCUT2D eigenvalue weighted by Gasteiger charge is -2.06. The minimum absolute atomic E-state index is 0.0589. The number of esters is 1. The van der Waals surface area contributed by atoms with E-state index in [2.05, 4.69) is 37.7 Å². The molecule has 0 amide bonds. The molecule has 0 aliphatic rings. The van der Waals surface area contributed by atoms with E-state index in [1.807, 2.05) is 6.08 Å². The Morgan fingerprint density at radius 3 is 2.59 bits per heavy atom. The van der Waals surface area contributed by atoms with Gasteiger partial charge in [0.2, 0.25) is 0 Å². The van der Waals surface area contributed by atoms with Gasteiger partial charge in [0.1, 0.15) is 8.07 Å². The Morgan fingerprint density at radius 2 is 2.12 bits per heavy atom. The zero-order chi connectivity index (χ0) is 13.3. The third kappa shape index (κ3) is 9.64. The van der Waals surface area contributed by atoms with Gasteiger partial charge in [-0.3, -0.25) is 0 Å². The van der Waals surface area contributed by atoms with Crippen molar-refractivity contribution in [2.45, 2.75) is 33.0 Å². The van der Waals surface area contributed by atoms with E-state index >= 15 is 0 Å². The van der Waals surface area contributed by atoms with Gasteiger partial charge in [-0.15, -0.1) is 18.0 Å². The summed E-state index contributed by atoms with van der Waals surface area (Å²) in [6.45, 7) is 12.5. The Labute approximate surface area is 106 Å². The summed E-state index contributed by atoms with van der Waals surface area (Å²) < 4.78 is 4.82. The van der Waals surface area contributed by atoms with Crippen molar-refractivity contribution < 1.29 is 9.53 Å². The molecule has 0 fully saturated rings. The summed E-state index contributed by atoms with van der Waals surface area (Å²) in [5.74, 6) is 2.95. The van der Waals surface area contributed by atoms with Crippen molar-refractivity contribution in [3.8, 4) is 11.5 Å². The monoisotopic (exact) mass is 250 g/mol. The van der Waals surface area contributed by atoms with E-state index in [9.17, 15) is 4.79 Å². The number of rotatable bonds is 5. The molecule has 0 aromatic carbocycles. The molecule has 1 unspecified atom stereocenters. The minimum atomic E-state index is -1.37. The van der Waals surface area contributed by atoms with Crippen molar-refractivity contribution in [1.82, 2.24) is 0 Å². The summed E-state index contributed by atoms with van der Waals surface area (Å²) in [6, 6.07) is 0. The summed E-state index contributed by atoms with van der Waals surface area (Å²) in [4.78, 5) is 11.2. The Hall–Kier alpha value is -1.27. The van der Waals surface area contributed by atoms with Crippen LogP contribution in [0.15, 0.2) is 24.8 Å². The van der Waals surface area contributed by atoms with Crippen LogP contribution in [-0.4, -0.2) is 20.7 Å². The fourth-order valence-corrected chi connectivity index (χ4v) is 1.68. The molecule has 0 saturated heterocycles. The molecule has 0 spiro atoms. The van der Waals surface area contributed by atoms with Crippen LogP contribution in [0, 0.1) is 17.4 Å². The van der Waals surface area contributed by atoms with Crippen molar-refractivity contribution in [3.05, 3.63) is 24.8 Å². The number of ether oxygens (including phenoxy) is 1. The third-order valence-corrected chi connectivity index (χ3v) is 2.70. The highest BCUT2D eigenvalue weighted by Gasteiger charge is 2.08. The summed E-state index contributed by atoms with van der Waals surface area (Å²) in [7, 11) is -1.37. The van der Waals surface area contributed by atoms with Crippen LogP contribution in [0.4, 0.5) is 0 Å². The zero-order valence-corrected chi connectivity index (χ0v) is 12.2. The van der Waals surface area contributed by atoms with E-state index in [4.69, 9.17) is 4.74 Å². The van der Waals surface area contributed by atoms with E-state index in [0.29, 0.717) is 6.61 Å². The topological polar surface area (TPSA) is 26.3 Å². The highest BCUT2D eigenvalue weighted by molar-refractivity contribution is 6.83.